The number of hydrogen-bond donors (Lipinski definition) is 1. The highest BCUT2D eigenvalue weighted by molar-refractivity contribution is 7.89. The lowest BCUT2D eigenvalue weighted by atomic mass is 10.1. The predicted molar refractivity (Wildman–Crippen MR) is 127 cm³/mol. The Morgan fingerprint density at radius 1 is 1.00 bits per heavy atom. The van der Waals surface area contributed by atoms with E-state index in [9.17, 15) is 13.2 Å². The highest BCUT2D eigenvalue weighted by Crippen LogP contribution is 2.18. The fourth-order valence-corrected chi connectivity index (χ4v) is 4.91. The van der Waals surface area contributed by atoms with Gasteiger partial charge in [-0.15, -0.1) is 0 Å². The molecule has 1 aliphatic heterocycles. The van der Waals surface area contributed by atoms with Crippen molar-refractivity contribution in [2.24, 2.45) is 0 Å². The van der Waals surface area contributed by atoms with E-state index in [2.05, 4.69) is 34.3 Å². The number of aryl methyl sites for hydroxylation is 2. The van der Waals surface area contributed by atoms with Crippen molar-refractivity contribution in [2.75, 3.05) is 46.8 Å². The molecule has 1 heterocycles. The van der Waals surface area contributed by atoms with Crippen LogP contribution in [0.5, 0.6) is 0 Å². The van der Waals surface area contributed by atoms with Crippen LogP contribution in [-0.2, 0) is 27.9 Å². The molecule has 2 aromatic rings. The van der Waals surface area contributed by atoms with Gasteiger partial charge in [0, 0.05) is 46.3 Å². The summed E-state index contributed by atoms with van der Waals surface area (Å²) in [5.41, 5.74) is 4.15. The van der Waals surface area contributed by atoms with E-state index in [4.69, 9.17) is 0 Å². The number of carbonyl (C=O) groups excluding carboxylic acids is 1. The van der Waals surface area contributed by atoms with E-state index in [1.54, 1.807) is 18.2 Å². The quantitative estimate of drug-likeness (QED) is 0.655. The third-order valence-corrected chi connectivity index (χ3v) is 7.84. The Labute approximate surface area is 192 Å². The van der Waals surface area contributed by atoms with Crippen LogP contribution in [0.25, 0.3) is 0 Å². The molecular formula is C24H34N4O3S. The molecule has 8 heteroatoms. The van der Waals surface area contributed by atoms with Crippen molar-refractivity contribution < 1.29 is 13.2 Å². The van der Waals surface area contributed by atoms with E-state index < -0.39 is 10.0 Å². The molecule has 0 atom stereocenters. The zero-order valence-electron chi connectivity index (χ0n) is 19.5. The lowest BCUT2D eigenvalue weighted by Crippen LogP contribution is -2.43. The summed E-state index contributed by atoms with van der Waals surface area (Å²) in [6, 6.07) is 13.2. The first-order chi connectivity index (χ1) is 15.1. The van der Waals surface area contributed by atoms with Crippen LogP contribution in [0.4, 0.5) is 0 Å². The maximum absolute atomic E-state index is 12.8. The van der Waals surface area contributed by atoms with E-state index in [1.807, 2.05) is 26.0 Å². The van der Waals surface area contributed by atoms with Crippen molar-refractivity contribution in [3.8, 4) is 0 Å². The van der Waals surface area contributed by atoms with Gasteiger partial charge in [0.15, 0.2) is 0 Å². The molecule has 0 radical (unpaired) electrons. The largest absolute Gasteiger partial charge is 0.351 e. The molecular weight excluding hydrogens is 424 g/mol. The Bertz CT molecular complexity index is 1050. The van der Waals surface area contributed by atoms with Crippen molar-refractivity contribution in [2.45, 2.75) is 31.8 Å². The van der Waals surface area contributed by atoms with Gasteiger partial charge in [-0.2, -0.15) is 4.31 Å². The molecule has 2 aromatic carbocycles. The molecule has 0 aliphatic carbocycles. The lowest BCUT2D eigenvalue weighted by molar-refractivity contribution is -0.121. The van der Waals surface area contributed by atoms with E-state index in [-0.39, 0.29) is 17.3 Å². The number of amides is 1. The fourth-order valence-electron chi connectivity index (χ4n) is 3.70. The number of likely N-dealkylation sites (N-methyl/N-ethyl adjacent to an activating group) is 2. The minimum absolute atomic E-state index is 0.201. The van der Waals surface area contributed by atoms with Crippen LogP contribution in [0, 0.1) is 13.8 Å². The number of sulfonamides is 1. The van der Waals surface area contributed by atoms with E-state index >= 15 is 0 Å². The average molecular weight is 459 g/mol. The number of nitrogens with zero attached hydrogens (tertiary/aromatic N) is 3. The Morgan fingerprint density at radius 3 is 2.38 bits per heavy atom. The maximum Gasteiger partial charge on any atom is 0.243 e. The molecule has 0 spiro atoms. The number of hydrogen-bond acceptors (Lipinski definition) is 5. The predicted octanol–water partition coefficient (Wildman–Crippen LogP) is 1.99. The Kier molecular flexibility index (Phi) is 8.05. The summed E-state index contributed by atoms with van der Waals surface area (Å²) in [5, 5.41) is 2.85. The highest BCUT2D eigenvalue weighted by atomic mass is 32.2. The Balaban J connectivity index is 1.53. The molecule has 0 saturated carbocycles. The second kappa shape index (κ2) is 10.6. The van der Waals surface area contributed by atoms with Crippen LogP contribution in [0.3, 0.4) is 0 Å². The summed E-state index contributed by atoms with van der Waals surface area (Å²) >= 11 is 0. The van der Waals surface area contributed by atoms with Crippen molar-refractivity contribution in [1.82, 2.24) is 19.4 Å². The van der Waals surface area contributed by atoms with Gasteiger partial charge in [-0.1, -0.05) is 30.3 Å². The van der Waals surface area contributed by atoms with E-state index in [0.29, 0.717) is 6.54 Å². The molecule has 0 bridgehead atoms. The van der Waals surface area contributed by atoms with Crippen molar-refractivity contribution in [1.29, 1.82) is 0 Å². The number of nitrogens with one attached hydrogen (secondary N) is 1. The minimum atomic E-state index is -3.72. The Morgan fingerprint density at radius 2 is 1.69 bits per heavy atom. The molecule has 32 heavy (non-hydrogen) atoms. The summed E-state index contributed by atoms with van der Waals surface area (Å²) in [6.45, 7) is 9.11. The average Bonchev–Trinajstić information content (AvgIpc) is 2.76. The van der Waals surface area contributed by atoms with Crippen LogP contribution in [0.15, 0.2) is 47.4 Å². The smallest absolute Gasteiger partial charge is 0.243 e. The van der Waals surface area contributed by atoms with Crippen LogP contribution >= 0.6 is 0 Å². The van der Waals surface area contributed by atoms with Crippen molar-refractivity contribution in [3.63, 3.8) is 0 Å². The number of benzene rings is 2. The molecule has 174 valence electrons. The number of carbonyl (C=O) groups is 1. The molecule has 0 aromatic heterocycles. The number of piperazine rings is 1. The first kappa shape index (κ1) is 24.4. The maximum atomic E-state index is 12.8. The summed E-state index contributed by atoms with van der Waals surface area (Å²) < 4.78 is 26.7. The molecule has 3 rings (SSSR count). The lowest BCUT2D eigenvalue weighted by Gasteiger charge is -2.32. The molecule has 7 nitrogen and oxygen atoms in total. The monoisotopic (exact) mass is 458 g/mol. The van der Waals surface area contributed by atoms with E-state index in [1.165, 1.54) is 12.6 Å². The SMILES string of the molecule is Cc1ccc(S(=O)(=O)N(C)CC(=O)NCc2cccc(CN3CCN(C)CC3)c2)cc1C. The fraction of sp³-hybridized carbons (Fsp3) is 0.458. The second-order valence-corrected chi connectivity index (χ2v) is 10.7. The Hall–Kier alpha value is -2.26. The van der Waals surface area contributed by atoms with Gasteiger partial charge in [0.25, 0.3) is 0 Å². The summed E-state index contributed by atoms with van der Waals surface area (Å²) in [5.74, 6) is -0.329. The molecule has 1 N–H and O–H groups in total. The van der Waals surface area contributed by atoms with Crippen LogP contribution in [0.2, 0.25) is 0 Å². The first-order valence-electron chi connectivity index (χ1n) is 10.9. The summed E-state index contributed by atoms with van der Waals surface area (Å²) in [7, 11) is -0.144. The third kappa shape index (κ3) is 6.38. The van der Waals surface area contributed by atoms with Gasteiger partial charge in [0.1, 0.15) is 0 Å². The first-order valence-corrected chi connectivity index (χ1v) is 12.4. The molecule has 0 unspecified atom stereocenters. The highest BCUT2D eigenvalue weighted by Gasteiger charge is 2.23. The summed E-state index contributed by atoms with van der Waals surface area (Å²) in [6.07, 6.45) is 0. The second-order valence-electron chi connectivity index (χ2n) is 8.68. The van der Waals surface area contributed by atoms with Gasteiger partial charge in [-0.25, -0.2) is 8.42 Å². The van der Waals surface area contributed by atoms with Gasteiger partial charge in [-0.3, -0.25) is 9.69 Å². The van der Waals surface area contributed by atoms with Gasteiger partial charge >= 0.3 is 0 Å². The topological polar surface area (TPSA) is 73.0 Å². The minimum Gasteiger partial charge on any atom is -0.351 e. The molecule has 1 fully saturated rings. The van der Waals surface area contributed by atoms with Gasteiger partial charge in [0.2, 0.25) is 15.9 Å². The van der Waals surface area contributed by atoms with Crippen molar-refractivity contribution in [3.05, 3.63) is 64.7 Å². The van der Waals surface area contributed by atoms with Gasteiger partial charge in [0.05, 0.1) is 11.4 Å². The normalized spacial score (nSPS) is 15.8. The molecule has 1 aliphatic rings. The van der Waals surface area contributed by atoms with E-state index in [0.717, 1.165) is 53.7 Å². The number of rotatable bonds is 8. The van der Waals surface area contributed by atoms with Crippen LogP contribution in [0.1, 0.15) is 22.3 Å². The van der Waals surface area contributed by atoms with Gasteiger partial charge in [-0.05, 0) is 55.3 Å². The van der Waals surface area contributed by atoms with Gasteiger partial charge < -0.3 is 10.2 Å². The zero-order valence-corrected chi connectivity index (χ0v) is 20.3. The van der Waals surface area contributed by atoms with Crippen LogP contribution < -0.4 is 5.32 Å². The van der Waals surface area contributed by atoms with Crippen molar-refractivity contribution >= 4 is 15.9 Å². The molecule has 1 saturated heterocycles. The molecule has 1 amide bonds. The van der Waals surface area contributed by atoms with Crippen LogP contribution in [-0.4, -0.2) is 75.2 Å². The zero-order chi connectivity index (χ0) is 23.3. The summed E-state index contributed by atoms with van der Waals surface area (Å²) in [4.78, 5) is 17.4. The standard InChI is InChI=1S/C24H34N4O3S/c1-19-8-9-23(14-20(19)2)32(30,31)27(4)18-24(29)25-16-21-6-5-7-22(15-21)17-28-12-10-26(3)11-13-28/h5-9,14-15H,10-13,16-18H2,1-4H3,(H,25,29). The third-order valence-electron chi connectivity index (χ3n) is 6.04.